The number of carbonyl (C=O) groups excluding carboxylic acids is 3. The van der Waals surface area contributed by atoms with E-state index in [0.29, 0.717) is 0 Å². The van der Waals surface area contributed by atoms with Crippen molar-refractivity contribution in [3.8, 4) is 0 Å². The van der Waals surface area contributed by atoms with E-state index in [1.165, 1.54) is 0 Å². The molecule has 1 aromatic carbocycles. The lowest BCUT2D eigenvalue weighted by Gasteiger charge is -2.15. The van der Waals surface area contributed by atoms with E-state index in [1.54, 1.807) is 0 Å². The molecule has 0 spiro atoms. The van der Waals surface area contributed by atoms with Crippen LogP contribution in [0, 0.1) is 0 Å². The van der Waals surface area contributed by atoms with Crippen LogP contribution < -0.4 is 21.7 Å². The lowest BCUT2D eigenvalue weighted by Crippen LogP contribution is -2.48. The number of aliphatic hydroxyl groups is 1. The quantitative estimate of drug-likeness (QED) is 0.377. The Balaban J connectivity index is 2.59. The van der Waals surface area contributed by atoms with Gasteiger partial charge in [0.05, 0.1) is 0 Å². The standard InChI is InChI=1S/C12H2N2O8/c15-5-1-2(6(16)10(20)9(5)19)14-4-3(13-1)7(17)11(21)12(22)8(4)18/h9,19H. The van der Waals surface area contributed by atoms with Gasteiger partial charge >= 0.3 is 0 Å². The lowest BCUT2D eigenvalue weighted by molar-refractivity contribution is -0.120. The zero-order chi connectivity index (χ0) is 16.3. The molecule has 1 aliphatic rings. The Kier molecular flexibility index (Phi) is 2.56. The van der Waals surface area contributed by atoms with Gasteiger partial charge in [0, 0.05) is 0 Å². The molecule has 0 radical (unpaired) electrons. The first-order valence-electron chi connectivity index (χ1n) is 5.66. The Hall–Kier alpha value is -3.27. The first-order chi connectivity index (χ1) is 10.3. The summed E-state index contributed by atoms with van der Waals surface area (Å²) in [6.07, 6.45) is -2.29. The number of fused-ring (bicyclic) bond motifs is 2. The Morgan fingerprint density at radius 3 is 1.59 bits per heavy atom. The first-order valence-corrected chi connectivity index (χ1v) is 5.66. The molecule has 0 saturated carbocycles. The highest BCUT2D eigenvalue weighted by Gasteiger charge is 2.42. The number of ketones is 3. The van der Waals surface area contributed by atoms with Gasteiger partial charge in [-0.2, -0.15) is 0 Å². The Labute approximate surface area is 117 Å². The normalized spacial score (nSPS) is 17.9. The van der Waals surface area contributed by atoms with Crippen molar-refractivity contribution in [3.63, 3.8) is 0 Å². The van der Waals surface area contributed by atoms with Gasteiger partial charge in [-0.25, -0.2) is 9.97 Å². The van der Waals surface area contributed by atoms with Crippen LogP contribution in [0.1, 0.15) is 21.0 Å². The average molecular weight is 302 g/mol. The summed E-state index contributed by atoms with van der Waals surface area (Å²) in [5, 5.41) is 9.32. The number of Topliss-reactive ketones (excluding diaryl/α,β-unsaturated/α-hetero) is 3. The van der Waals surface area contributed by atoms with Gasteiger partial charge in [-0.15, -0.1) is 0 Å². The van der Waals surface area contributed by atoms with Gasteiger partial charge in [-0.1, -0.05) is 0 Å². The fraction of sp³-hybridized carbons (Fsp3) is 0.0833. The topological polar surface area (TPSA) is 166 Å². The zero-order valence-electron chi connectivity index (χ0n) is 10.3. The van der Waals surface area contributed by atoms with Crippen LogP contribution in [0.15, 0.2) is 19.2 Å². The van der Waals surface area contributed by atoms with Crippen molar-refractivity contribution in [2.24, 2.45) is 0 Å². The van der Waals surface area contributed by atoms with E-state index >= 15 is 0 Å². The number of hydrogen-bond donors (Lipinski definition) is 1. The smallest absolute Gasteiger partial charge is 0.279 e. The SMILES string of the molecule is O=C1C(=O)C(O)C(=O)c2nc3c(=O)c(=O)c(=O)c(=O)c3nc21. The minimum atomic E-state index is -2.29. The molecule has 108 valence electrons. The summed E-state index contributed by atoms with van der Waals surface area (Å²) in [5.41, 5.74) is -9.60. The number of aromatic nitrogens is 2. The molecule has 1 aromatic heterocycles. The Morgan fingerprint density at radius 1 is 0.636 bits per heavy atom. The second kappa shape index (κ2) is 4.11. The van der Waals surface area contributed by atoms with E-state index in [2.05, 4.69) is 9.97 Å². The molecule has 0 bridgehead atoms. The molecule has 1 atom stereocenters. The van der Waals surface area contributed by atoms with Crippen molar-refractivity contribution >= 4 is 28.4 Å². The van der Waals surface area contributed by atoms with Crippen molar-refractivity contribution in [1.82, 2.24) is 9.97 Å². The van der Waals surface area contributed by atoms with Crippen LogP contribution in [0.5, 0.6) is 0 Å². The number of nitrogens with zero attached hydrogens (tertiary/aromatic N) is 2. The maximum Gasteiger partial charge on any atom is 0.279 e. The third-order valence-corrected chi connectivity index (χ3v) is 3.11. The van der Waals surface area contributed by atoms with Gasteiger partial charge in [0.2, 0.25) is 11.6 Å². The molecule has 0 saturated heterocycles. The van der Waals surface area contributed by atoms with E-state index in [1.807, 2.05) is 0 Å². The predicted octanol–water partition coefficient (Wildman–Crippen LogP) is -3.74. The van der Waals surface area contributed by atoms with Crippen LogP contribution in [0.3, 0.4) is 0 Å². The summed E-state index contributed by atoms with van der Waals surface area (Å²) in [6.45, 7) is 0. The summed E-state index contributed by atoms with van der Waals surface area (Å²) >= 11 is 0. The summed E-state index contributed by atoms with van der Waals surface area (Å²) in [6, 6.07) is 0. The molecular weight excluding hydrogens is 300 g/mol. The summed E-state index contributed by atoms with van der Waals surface area (Å²) < 4.78 is 0. The number of aliphatic hydroxyl groups excluding tert-OH is 1. The second-order valence-electron chi connectivity index (χ2n) is 4.39. The van der Waals surface area contributed by atoms with Gasteiger partial charge in [-0.3, -0.25) is 33.6 Å². The third kappa shape index (κ3) is 1.49. The summed E-state index contributed by atoms with van der Waals surface area (Å²) in [4.78, 5) is 87.4. The van der Waals surface area contributed by atoms with E-state index in [0.717, 1.165) is 0 Å². The molecule has 10 nitrogen and oxygen atoms in total. The molecule has 0 aliphatic heterocycles. The molecule has 1 heterocycles. The van der Waals surface area contributed by atoms with Crippen LogP contribution in [0.25, 0.3) is 11.0 Å². The van der Waals surface area contributed by atoms with E-state index in [-0.39, 0.29) is 0 Å². The van der Waals surface area contributed by atoms with E-state index in [4.69, 9.17) is 0 Å². The minimum absolute atomic E-state index is 0.806. The predicted molar refractivity (Wildman–Crippen MR) is 66.7 cm³/mol. The van der Waals surface area contributed by atoms with Crippen molar-refractivity contribution in [3.05, 3.63) is 52.3 Å². The number of carbonyl (C=O) groups is 3. The lowest BCUT2D eigenvalue weighted by atomic mass is 9.93. The molecule has 0 fully saturated rings. The van der Waals surface area contributed by atoms with Crippen LogP contribution >= 0.6 is 0 Å². The van der Waals surface area contributed by atoms with Gasteiger partial charge in [0.25, 0.3) is 27.5 Å². The van der Waals surface area contributed by atoms with Crippen molar-refractivity contribution < 1.29 is 19.5 Å². The van der Waals surface area contributed by atoms with E-state index in [9.17, 15) is 38.7 Å². The highest BCUT2D eigenvalue weighted by molar-refractivity contribution is 6.52. The molecule has 2 aromatic rings. The van der Waals surface area contributed by atoms with Crippen molar-refractivity contribution in [2.45, 2.75) is 6.10 Å². The second-order valence-corrected chi connectivity index (χ2v) is 4.39. The van der Waals surface area contributed by atoms with Crippen LogP contribution in [-0.4, -0.2) is 38.5 Å². The van der Waals surface area contributed by atoms with Gasteiger partial charge in [-0.05, 0) is 0 Å². The molecule has 3 rings (SSSR count). The van der Waals surface area contributed by atoms with Gasteiger partial charge in [0.15, 0.2) is 6.10 Å². The number of benzene rings is 1. The number of rotatable bonds is 0. The third-order valence-electron chi connectivity index (χ3n) is 3.11. The molecular formula is C12H2N2O8. The monoisotopic (exact) mass is 302 g/mol. The van der Waals surface area contributed by atoms with Crippen LogP contribution in [-0.2, 0) is 4.79 Å². The molecule has 1 aliphatic carbocycles. The highest BCUT2D eigenvalue weighted by Crippen LogP contribution is 2.17. The van der Waals surface area contributed by atoms with Gasteiger partial charge in [0.1, 0.15) is 22.4 Å². The van der Waals surface area contributed by atoms with Crippen LogP contribution in [0.4, 0.5) is 0 Å². The maximum absolute atomic E-state index is 11.7. The molecule has 10 heteroatoms. The van der Waals surface area contributed by atoms with E-state index < -0.39 is 67.6 Å². The van der Waals surface area contributed by atoms with Gasteiger partial charge < -0.3 is 5.11 Å². The fourth-order valence-electron chi connectivity index (χ4n) is 1.99. The maximum atomic E-state index is 11.7. The molecule has 1 N–H and O–H groups in total. The first kappa shape index (κ1) is 13.7. The van der Waals surface area contributed by atoms with Crippen LogP contribution in [0.2, 0.25) is 0 Å². The zero-order valence-corrected chi connectivity index (χ0v) is 10.3. The summed E-state index contributed by atoms with van der Waals surface area (Å²) in [7, 11) is 0. The molecule has 1 unspecified atom stereocenters. The average Bonchev–Trinajstić information content (AvgIpc) is 2.52. The minimum Gasteiger partial charge on any atom is -0.377 e. The van der Waals surface area contributed by atoms with Crippen molar-refractivity contribution in [1.29, 1.82) is 0 Å². The summed E-state index contributed by atoms with van der Waals surface area (Å²) in [5.74, 6) is -4.15. The molecule has 0 amide bonds. The fourth-order valence-corrected chi connectivity index (χ4v) is 1.99. The Bertz CT molecular complexity index is 1120. The van der Waals surface area contributed by atoms with Crippen molar-refractivity contribution in [2.75, 3.05) is 0 Å². The molecule has 22 heavy (non-hydrogen) atoms. The largest absolute Gasteiger partial charge is 0.377 e. The number of hydrogen-bond acceptors (Lipinski definition) is 10. The highest BCUT2D eigenvalue weighted by atomic mass is 16.3. The Morgan fingerprint density at radius 2 is 1.09 bits per heavy atom.